The topological polar surface area (TPSA) is 35.8 Å². The van der Waals surface area contributed by atoms with Gasteiger partial charge in [-0.05, 0) is 31.0 Å². The Hall–Kier alpha value is -1.20. The standard InChI is InChI=1S/C13H17ClN2/c1-4-9(2)10(3)16-13-7-11(8-15)5-6-12(13)14/h5-7,9-10,16H,4H2,1-3H3. The summed E-state index contributed by atoms with van der Waals surface area (Å²) in [6.45, 7) is 6.49. The first-order chi connectivity index (χ1) is 7.58. The molecule has 2 unspecified atom stereocenters. The third-order valence-corrected chi connectivity index (χ3v) is 3.31. The fourth-order valence-electron chi connectivity index (χ4n) is 1.45. The lowest BCUT2D eigenvalue weighted by Gasteiger charge is -2.21. The number of halogens is 1. The number of hydrogen-bond acceptors (Lipinski definition) is 2. The molecule has 0 heterocycles. The molecule has 0 aromatic heterocycles. The maximum absolute atomic E-state index is 8.82. The molecule has 0 fully saturated rings. The molecule has 0 aliphatic rings. The SMILES string of the molecule is CCC(C)C(C)Nc1cc(C#N)ccc1Cl. The van der Waals surface area contributed by atoms with Crippen molar-refractivity contribution in [3.63, 3.8) is 0 Å². The maximum Gasteiger partial charge on any atom is 0.0992 e. The molecule has 1 rings (SSSR count). The molecule has 0 saturated heterocycles. The highest BCUT2D eigenvalue weighted by Gasteiger charge is 2.11. The highest BCUT2D eigenvalue weighted by atomic mass is 35.5. The minimum absolute atomic E-state index is 0.344. The molecular weight excluding hydrogens is 220 g/mol. The number of nitriles is 1. The first kappa shape index (κ1) is 12.9. The molecule has 16 heavy (non-hydrogen) atoms. The molecule has 86 valence electrons. The molecule has 1 aromatic rings. The highest BCUT2D eigenvalue weighted by Crippen LogP contribution is 2.25. The van der Waals surface area contributed by atoms with Gasteiger partial charge >= 0.3 is 0 Å². The van der Waals surface area contributed by atoms with Gasteiger partial charge in [-0.25, -0.2) is 0 Å². The minimum atomic E-state index is 0.344. The maximum atomic E-state index is 8.82. The van der Waals surface area contributed by atoms with Gasteiger partial charge < -0.3 is 5.32 Å². The number of anilines is 1. The van der Waals surface area contributed by atoms with Crippen LogP contribution in [0.1, 0.15) is 32.8 Å². The Balaban J connectivity index is 2.84. The van der Waals surface area contributed by atoms with Gasteiger partial charge in [0, 0.05) is 6.04 Å². The first-order valence-electron chi connectivity index (χ1n) is 5.54. The van der Waals surface area contributed by atoms with E-state index in [1.165, 1.54) is 0 Å². The summed E-state index contributed by atoms with van der Waals surface area (Å²) >= 11 is 6.07. The molecule has 1 aromatic carbocycles. The van der Waals surface area contributed by atoms with Crippen molar-refractivity contribution in [2.45, 2.75) is 33.2 Å². The van der Waals surface area contributed by atoms with Crippen LogP contribution in [0.25, 0.3) is 0 Å². The molecule has 0 radical (unpaired) electrons. The molecule has 0 aliphatic carbocycles. The van der Waals surface area contributed by atoms with Crippen LogP contribution in [-0.2, 0) is 0 Å². The van der Waals surface area contributed by atoms with Crippen molar-refractivity contribution in [1.29, 1.82) is 5.26 Å². The van der Waals surface area contributed by atoms with E-state index in [1.54, 1.807) is 18.2 Å². The van der Waals surface area contributed by atoms with Crippen LogP contribution in [0, 0.1) is 17.2 Å². The van der Waals surface area contributed by atoms with Crippen molar-refractivity contribution >= 4 is 17.3 Å². The Kier molecular flexibility index (Phi) is 4.64. The van der Waals surface area contributed by atoms with Gasteiger partial charge in [0.15, 0.2) is 0 Å². The molecule has 0 bridgehead atoms. The minimum Gasteiger partial charge on any atom is -0.381 e. The average molecular weight is 237 g/mol. The second-order valence-electron chi connectivity index (χ2n) is 4.12. The van der Waals surface area contributed by atoms with E-state index in [9.17, 15) is 0 Å². The van der Waals surface area contributed by atoms with Crippen LogP contribution >= 0.6 is 11.6 Å². The lowest BCUT2D eigenvalue weighted by Crippen LogP contribution is -2.23. The number of hydrogen-bond donors (Lipinski definition) is 1. The average Bonchev–Trinajstić information content (AvgIpc) is 2.30. The van der Waals surface area contributed by atoms with E-state index in [1.807, 2.05) is 0 Å². The van der Waals surface area contributed by atoms with Crippen LogP contribution in [0.2, 0.25) is 5.02 Å². The number of nitrogens with zero attached hydrogens (tertiary/aromatic N) is 1. The number of benzene rings is 1. The summed E-state index contributed by atoms with van der Waals surface area (Å²) in [5, 5.41) is 12.8. The number of nitrogens with one attached hydrogen (secondary N) is 1. The number of rotatable bonds is 4. The van der Waals surface area contributed by atoms with Gasteiger partial charge in [0.25, 0.3) is 0 Å². The van der Waals surface area contributed by atoms with Crippen LogP contribution in [0.4, 0.5) is 5.69 Å². The van der Waals surface area contributed by atoms with Crippen molar-refractivity contribution in [2.24, 2.45) is 5.92 Å². The van der Waals surface area contributed by atoms with Gasteiger partial charge in [0.05, 0.1) is 22.3 Å². The van der Waals surface area contributed by atoms with Gasteiger partial charge in [-0.2, -0.15) is 5.26 Å². The van der Waals surface area contributed by atoms with Crippen molar-refractivity contribution in [1.82, 2.24) is 0 Å². The highest BCUT2D eigenvalue weighted by molar-refractivity contribution is 6.33. The van der Waals surface area contributed by atoms with Gasteiger partial charge in [-0.3, -0.25) is 0 Å². The Morgan fingerprint density at radius 3 is 2.69 bits per heavy atom. The van der Waals surface area contributed by atoms with Crippen LogP contribution < -0.4 is 5.32 Å². The van der Waals surface area contributed by atoms with Crippen LogP contribution in [0.5, 0.6) is 0 Å². The monoisotopic (exact) mass is 236 g/mol. The second kappa shape index (κ2) is 5.77. The Morgan fingerprint density at radius 1 is 1.44 bits per heavy atom. The second-order valence-corrected chi connectivity index (χ2v) is 4.53. The van der Waals surface area contributed by atoms with Gasteiger partial charge in [0.2, 0.25) is 0 Å². The molecular formula is C13H17ClN2. The lowest BCUT2D eigenvalue weighted by molar-refractivity contribution is 0.494. The van der Waals surface area contributed by atoms with Crippen molar-refractivity contribution in [2.75, 3.05) is 5.32 Å². The predicted octanol–water partition coefficient (Wildman–Crippen LogP) is 4.06. The summed E-state index contributed by atoms with van der Waals surface area (Å²) in [6, 6.07) is 7.73. The third kappa shape index (κ3) is 3.15. The Morgan fingerprint density at radius 2 is 2.12 bits per heavy atom. The summed E-state index contributed by atoms with van der Waals surface area (Å²) in [6.07, 6.45) is 1.11. The van der Waals surface area contributed by atoms with E-state index in [0.29, 0.717) is 22.5 Å². The van der Waals surface area contributed by atoms with Crippen LogP contribution in [0.3, 0.4) is 0 Å². The van der Waals surface area contributed by atoms with Gasteiger partial charge in [-0.1, -0.05) is 31.9 Å². The zero-order chi connectivity index (χ0) is 12.1. The van der Waals surface area contributed by atoms with E-state index in [4.69, 9.17) is 16.9 Å². The molecule has 2 nitrogen and oxygen atoms in total. The summed E-state index contributed by atoms with van der Waals surface area (Å²) in [5.74, 6) is 0.571. The molecule has 0 amide bonds. The summed E-state index contributed by atoms with van der Waals surface area (Å²) in [7, 11) is 0. The molecule has 0 saturated carbocycles. The third-order valence-electron chi connectivity index (χ3n) is 2.98. The fourth-order valence-corrected chi connectivity index (χ4v) is 1.62. The Labute approximate surface area is 102 Å². The molecule has 0 spiro atoms. The van der Waals surface area contributed by atoms with Crippen LogP contribution in [0.15, 0.2) is 18.2 Å². The van der Waals surface area contributed by atoms with E-state index in [0.717, 1.165) is 12.1 Å². The predicted molar refractivity (Wildman–Crippen MR) is 68.7 cm³/mol. The zero-order valence-corrected chi connectivity index (χ0v) is 10.7. The summed E-state index contributed by atoms with van der Waals surface area (Å²) in [4.78, 5) is 0. The molecule has 2 atom stereocenters. The van der Waals surface area contributed by atoms with E-state index >= 15 is 0 Å². The fraction of sp³-hybridized carbons (Fsp3) is 0.462. The van der Waals surface area contributed by atoms with E-state index in [2.05, 4.69) is 32.2 Å². The zero-order valence-electron chi connectivity index (χ0n) is 9.92. The Bertz CT molecular complexity index is 395. The summed E-state index contributed by atoms with van der Waals surface area (Å²) < 4.78 is 0. The van der Waals surface area contributed by atoms with Gasteiger partial charge in [-0.15, -0.1) is 0 Å². The smallest absolute Gasteiger partial charge is 0.0992 e. The summed E-state index contributed by atoms with van der Waals surface area (Å²) in [5.41, 5.74) is 1.47. The van der Waals surface area contributed by atoms with Crippen molar-refractivity contribution in [3.8, 4) is 6.07 Å². The van der Waals surface area contributed by atoms with Crippen LogP contribution in [-0.4, -0.2) is 6.04 Å². The molecule has 1 N–H and O–H groups in total. The lowest BCUT2D eigenvalue weighted by atomic mass is 10.0. The molecule has 3 heteroatoms. The van der Waals surface area contributed by atoms with Crippen molar-refractivity contribution < 1.29 is 0 Å². The first-order valence-corrected chi connectivity index (χ1v) is 5.92. The quantitative estimate of drug-likeness (QED) is 0.856. The van der Waals surface area contributed by atoms with E-state index in [-0.39, 0.29) is 0 Å². The normalized spacial score (nSPS) is 13.9. The molecule has 0 aliphatic heterocycles. The van der Waals surface area contributed by atoms with Gasteiger partial charge in [0.1, 0.15) is 0 Å². The largest absolute Gasteiger partial charge is 0.381 e. The van der Waals surface area contributed by atoms with Crippen molar-refractivity contribution in [3.05, 3.63) is 28.8 Å². The van der Waals surface area contributed by atoms with E-state index < -0.39 is 0 Å².